The zero-order valence-electron chi connectivity index (χ0n) is 81.5. The number of para-hydroxylation sites is 2. The molecule has 141 heavy (non-hydrogen) atoms. The Morgan fingerprint density at radius 3 is 1.74 bits per heavy atom. The average Bonchev–Trinajstić information content (AvgIpc) is 1.67. The predicted molar refractivity (Wildman–Crippen MR) is 524 cm³/mol. The summed E-state index contributed by atoms with van der Waals surface area (Å²) in [4.78, 5) is 274. The summed E-state index contributed by atoms with van der Waals surface area (Å²) in [6.45, 7) is 9.50. The molecule has 21 N–H and O–H groups in total. The molecule has 42 nitrogen and oxygen atoms in total. The number of nitrogens with one attached hydrogen (secondary N) is 12. The number of aliphatic hydroxyl groups is 1. The highest BCUT2D eigenvalue weighted by Gasteiger charge is 2.47. The van der Waals surface area contributed by atoms with Crippen molar-refractivity contribution in [2.75, 3.05) is 65.4 Å². The van der Waals surface area contributed by atoms with Gasteiger partial charge in [0, 0.05) is 113 Å². The number of aromatic amines is 1. The van der Waals surface area contributed by atoms with Gasteiger partial charge in [0.05, 0.1) is 24.8 Å². The molecule has 3 saturated heterocycles. The lowest BCUT2D eigenvalue weighted by Crippen LogP contribution is -2.62. The van der Waals surface area contributed by atoms with Crippen LogP contribution in [0.1, 0.15) is 154 Å². The number of phenolic OH excluding ortho intramolecular Hbond substituents is 1. The van der Waals surface area contributed by atoms with Crippen LogP contribution >= 0.6 is 11.8 Å². The maximum absolute atomic E-state index is 16.0. The molecule has 0 aliphatic carbocycles. The largest absolute Gasteiger partial charge is 0.508 e. The normalized spacial score (nSPS) is 24.2. The first kappa shape index (κ1) is 111. The monoisotopic (exact) mass is 1980 g/mol. The van der Waals surface area contributed by atoms with Crippen LogP contribution in [0.4, 0.5) is 0 Å². The lowest BCUT2D eigenvalue weighted by molar-refractivity contribution is -0.149. The third-order valence-electron chi connectivity index (χ3n) is 25.4. The number of benzene rings is 4. The molecule has 43 heteroatoms. The Morgan fingerprint density at radius 1 is 0.532 bits per heavy atom. The average molecular weight is 1980 g/mol. The van der Waals surface area contributed by atoms with Gasteiger partial charge in [0.2, 0.25) is 100 Å². The first-order valence-electron chi connectivity index (χ1n) is 47.9. The van der Waals surface area contributed by atoms with Crippen molar-refractivity contribution in [3.63, 3.8) is 0 Å². The molecule has 0 spiro atoms. The summed E-state index contributed by atoms with van der Waals surface area (Å²) in [5.41, 5.74) is 21.3. The molecule has 2 aromatic heterocycles. The molecule has 3 fully saturated rings. The molecule has 6 aromatic rings. The van der Waals surface area contributed by atoms with Gasteiger partial charge in [-0.1, -0.05) is 146 Å². The third-order valence-corrected chi connectivity index (χ3v) is 26.4. The molecule has 766 valence electrons. The van der Waals surface area contributed by atoms with Crippen LogP contribution in [0.25, 0.3) is 21.8 Å². The molecule has 9 rings (SSSR count). The number of carbonyl (C=O) groups is 18. The topological polar surface area (TPSA) is 615 Å². The van der Waals surface area contributed by atoms with E-state index in [1.807, 2.05) is 13.8 Å². The van der Waals surface area contributed by atoms with E-state index in [4.69, 9.17) is 17.2 Å². The summed E-state index contributed by atoms with van der Waals surface area (Å²) >= 11 is 0.808. The molecule has 0 bridgehead atoms. The lowest BCUT2D eigenvalue weighted by Gasteiger charge is -2.36. The predicted octanol–water partition coefficient (Wildman–Crippen LogP) is -0.408. The number of amides is 17. The lowest BCUT2D eigenvalue weighted by atomic mass is 9.99. The van der Waals surface area contributed by atoms with Crippen LogP contribution in [-0.4, -0.2) is 312 Å². The molecular weight excluding hydrogens is 1840 g/mol. The first-order valence-corrected chi connectivity index (χ1v) is 49.1. The number of nitrogens with zero attached hydrogens (tertiary/aromatic N) is 6. The van der Waals surface area contributed by atoms with Crippen LogP contribution in [0.2, 0.25) is 0 Å². The number of fused-ring (bicyclic) bond motifs is 4. The summed E-state index contributed by atoms with van der Waals surface area (Å²) in [6.07, 6.45) is 0.953. The number of H-pyrrole nitrogens is 1. The van der Waals surface area contributed by atoms with Gasteiger partial charge in [-0.2, -0.15) is 0 Å². The number of primary amides is 1. The molecular formula is C98H137N21O21S. The second kappa shape index (κ2) is 53.2. The number of likely N-dealkylation sites (N-methyl/N-ethyl adjacent to an activating group) is 3. The summed E-state index contributed by atoms with van der Waals surface area (Å²) in [7, 11) is 3.94. The summed E-state index contributed by atoms with van der Waals surface area (Å²) in [5, 5.41) is 62.7. The molecule has 5 heterocycles. The van der Waals surface area contributed by atoms with Crippen LogP contribution < -0.4 is 75.7 Å². The van der Waals surface area contributed by atoms with Crippen molar-refractivity contribution in [2.45, 2.75) is 255 Å². The molecule has 3 aliphatic rings. The molecule has 15 atom stereocenters. The minimum Gasteiger partial charge on any atom is -0.508 e. The van der Waals surface area contributed by atoms with Crippen LogP contribution in [0.5, 0.6) is 5.75 Å². The fourth-order valence-electron chi connectivity index (χ4n) is 17.7. The fraction of sp³-hybridized carbons (Fsp3) is 0.531. The highest BCUT2D eigenvalue weighted by atomic mass is 32.2. The van der Waals surface area contributed by atoms with Gasteiger partial charge in [-0.25, -0.2) is 0 Å². The van der Waals surface area contributed by atoms with E-state index < -0.39 is 241 Å². The van der Waals surface area contributed by atoms with Gasteiger partial charge >= 0.3 is 5.97 Å². The molecule has 4 aromatic carbocycles. The SMILES string of the molecule is CCCC[C@H]1C(=O)N(C)[C@@H](CCCC)C(=O)N[C@@H](CC(C)C)C(=O)N[C@H](C(=O)NCC(=O)NCc2ccccc2)CSCC(=O)N[C@@H](Cc2ccc(O)cc2)C(=O)N(C)[C@@H](C)C(=O)N[C@@H](CC(N)=O)C(=O)N2CCC[C@H]2C(=O)N[C@@H](CN)C(=O)N[C@@H](CC(C)C)C(=O)N2C[C@H](O)C[C@H]2C(=O)N[C@@H](Cc2c[nH]c3ccccc23)C(=O)N[C@@H](CCN)C(=O)N[C@@H](Cc2cn(CC(=O)O)c3ccccc23)C(=O)N1C. The number of carbonyl (C=O) groups excluding carboxylic acids is 17. The number of aliphatic carboxylic acids is 1. The van der Waals surface area contributed by atoms with Crippen molar-refractivity contribution in [3.8, 4) is 5.75 Å². The number of hydrogen-bond acceptors (Lipinski definition) is 23. The second-order valence-electron chi connectivity index (χ2n) is 37.1. The first-order chi connectivity index (χ1) is 67.1. The van der Waals surface area contributed by atoms with Crippen molar-refractivity contribution >= 4 is 140 Å². The number of aromatic nitrogens is 2. The Bertz CT molecular complexity index is 5430. The van der Waals surface area contributed by atoms with E-state index in [0.717, 1.165) is 36.9 Å². The zero-order valence-corrected chi connectivity index (χ0v) is 82.3. The maximum atomic E-state index is 16.0. The van der Waals surface area contributed by atoms with Crippen LogP contribution in [-0.2, 0) is 119 Å². The van der Waals surface area contributed by atoms with Crippen LogP contribution in [0.15, 0.2) is 116 Å². The minimum atomic E-state index is -1.77. The quantitative estimate of drug-likeness (QED) is 0.0297. The highest BCUT2D eigenvalue weighted by molar-refractivity contribution is 8.00. The Hall–Kier alpha value is -13.6. The molecule has 0 unspecified atom stereocenters. The van der Waals surface area contributed by atoms with Crippen molar-refractivity contribution in [2.24, 2.45) is 29.0 Å². The van der Waals surface area contributed by atoms with Gasteiger partial charge in [0.15, 0.2) is 0 Å². The van der Waals surface area contributed by atoms with E-state index in [1.165, 1.54) is 68.0 Å². The Kier molecular flexibility index (Phi) is 41.9. The number of phenols is 1. The highest BCUT2D eigenvalue weighted by Crippen LogP contribution is 2.29. The second-order valence-corrected chi connectivity index (χ2v) is 38.1. The summed E-state index contributed by atoms with van der Waals surface area (Å²) in [5.74, 6) is -18.4. The molecule has 3 aliphatic heterocycles. The van der Waals surface area contributed by atoms with E-state index >= 15 is 38.4 Å². The molecule has 17 amide bonds. The van der Waals surface area contributed by atoms with E-state index in [0.29, 0.717) is 64.2 Å². The number of aliphatic hydroxyl groups excluding tert-OH is 1. The van der Waals surface area contributed by atoms with Crippen molar-refractivity contribution in [1.82, 2.24) is 92.5 Å². The van der Waals surface area contributed by atoms with Gasteiger partial charge in [-0.3, -0.25) is 86.3 Å². The number of unbranched alkanes of at least 4 members (excludes halogenated alkanes) is 2. The Labute approximate surface area is 822 Å². The standard InChI is InChI=1S/C98H137N21O21S/c1-11-13-28-77-91(133)107-68(39-55(3)4)88(130)113-75(86(128)104-49-82(123)103-47-59-23-16-15-17-24-59)53-141-54-83(124)105-71(41-58-32-34-62(120)35-33-58)94(136)114(8)57(7)85(127)109-73(45-81(101)122)96(138)118-38-22-31-78(118)92(134)112-74(46-100)90(132)110-70(40-56(5)6)97(139)119-51-63(121)44-80(119)93(135)108-69(42-60-48-102-66-27-20-18-25-64(60)66)89(131)106-67(36-37-99)87(129)111-72(95(137)116(10)79(29-14-12-2)98(140)115(77)9)43-61-50-117(52-84(125)126)76-30-21-19-26-65(61)76/h15-21,23-27,30,32-35,48,50,55-57,63,67-75,77-80,102,120-121H,11-14,22,28-29,31,36-47,49,51-54,99-100H2,1-10H3,(H2,101,122)(H,103,123)(H,104,128)(H,105,124)(H,106,131)(H,107,133)(H,108,135)(H,109,127)(H,110,132)(H,111,129)(H,112,134)(H,113,130)(H,125,126)/t57-,63+,67-,68-,69-,70-,71-,72-,73-,74-,75-,77-,78-,79-,80-/m0/s1. The Balaban J connectivity index is 1.11. The molecule has 0 radical (unpaired) electrons. The minimum absolute atomic E-state index is 0.00172. The molecule has 0 saturated carbocycles. The number of nitrogens with two attached hydrogens (primary N) is 3. The number of rotatable bonds is 28. The number of carboxylic acid groups (broad SMARTS) is 1. The van der Waals surface area contributed by atoms with Gasteiger partial charge in [-0.15, -0.1) is 11.8 Å². The number of aromatic hydroxyl groups is 1. The number of hydrogen-bond donors (Lipinski definition) is 18. The van der Waals surface area contributed by atoms with Gasteiger partial charge in [0.1, 0.15) is 96.9 Å². The van der Waals surface area contributed by atoms with Crippen LogP contribution in [0, 0.1) is 11.8 Å². The van der Waals surface area contributed by atoms with E-state index in [-0.39, 0.29) is 108 Å². The van der Waals surface area contributed by atoms with E-state index in [9.17, 15) is 63.3 Å². The van der Waals surface area contributed by atoms with Gasteiger partial charge < -0.3 is 125 Å². The Morgan fingerprint density at radius 2 is 1.09 bits per heavy atom. The fourth-order valence-corrected chi connectivity index (χ4v) is 18.5. The van der Waals surface area contributed by atoms with Gasteiger partial charge in [-0.05, 0) is 117 Å². The summed E-state index contributed by atoms with van der Waals surface area (Å²) < 4.78 is 1.45. The maximum Gasteiger partial charge on any atom is 0.323 e. The number of carboxylic acids is 1. The van der Waals surface area contributed by atoms with Crippen molar-refractivity contribution in [3.05, 3.63) is 138 Å². The van der Waals surface area contributed by atoms with Crippen molar-refractivity contribution in [1.29, 1.82) is 0 Å². The van der Waals surface area contributed by atoms with E-state index in [1.54, 1.807) is 113 Å². The zero-order chi connectivity index (χ0) is 103. The van der Waals surface area contributed by atoms with Gasteiger partial charge in [0.25, 0.3) is 0 Å². The third kappa shape index (κ3) is 31.2. The van der Waals surface area contributed by atoms with E-state index in [2.05, 4.69) is 63.5 Å². The number of thioether (sulfide) groups is 1. The summed E-state index contributed by atoms with van der Waals surface area (Å²) in [6, 6.07) is 6.75. The van der Waals surface area contributed by atoms with Crippen molar-refractivity contribution < 1.29 is 102 Å². The van der Waals surface area contributed by atoms with Crippen LogP contribution in [0.3, 0.4) is 0 Å². The smallest absolute Gasteiger partial charge is 0.323 e.